The zero-order chi connectivity index (χ0) is 15.7. The molecule has 0 spiro atoms. The van der Waals surface area contributed by atoms with Crippen molar-refractivity contribution in [2.45, 2.75) is 82.2 Å². The minimum Gasteiger partial charge on any atom is -0.297 e. The highest BCUT2D eigenvalue weighted by Gasteiger charge is 2.44. The molecule has 2 saturated carbocycles. The molecular weight excluding hydrogens is 279 g/mol. The van der Waals surface area contributed by atoms with Gasteiger partial charge in [0.25, 0.3) is 0 Å². The third-order valence-electron chi connectivity index (χ3n) is 4.49. The number of alkyl halides is 3. The molecule has 2 atom stereocenters. The van der Waals surface area contributed by atoms with Crippen molar-refractivity contribution >= 4 is 0 Å². The van der Waals surface area contributed by atoms with Crippen LogP contribution in [0.15, 0.2) is 0 Å². The molecule has 0 saturated heterocycles. The van der Waals surface area contributed by atoms with Gasteiger partial charge in [0, 0.05) is 18.1 Å². The second-order valence-electron chi connectivity index (χ2n) is 6.74. The van der Waals surface area contributed by atoms with Crippen LogP contribution in [0.1, 0.15) is 52.4 Å². The Morgan fingerprint density at radius 1 is 1.33 bits per heavy atom. The fourth-order valence-corrected chi connectivity index (χ4v) is 3.35. The summed E-state index contributed by atoms with van der Waals surface area (Å²) in [5, 5.41) is 12.9. The summed E-state index contributed by atoms with van der Waals surface area (Å²) in [6, 6.07) is 2.40. The Kier molecular flexibility index (Phi) is 4.84. The number of nitriles is 1. The third-order valence-corrected chi connectivity index (χ3v) is 4.49. The molecule has 2 aliphatic carbocycles. The Bertz CT molecular complexity index is 398. The van der Waals surface area contributed by atoms with Gasteiger partial charge in [-0.3, -0.25) is 10.2 Å². The molecule has 0 aromatic carbocycles. The number of hydrogen-bond acceptors (Lipinski definition) is 3. The average molecular weight is 303 g/mol. The van der Waals surface area contributed by atoms with Crippen molar-refractivity contribution < 1.29 is 13.2 Å². The van der Waals surface area contributed by atoms with Gasteiger partial charge < -0.3 is 0 Å². The molecule has 0 heterocycles. The van der Waals surface area contributed by atoms with Gasteiger partial charge in [0.1, 0.15) is 5.54 Å². The average Bonchev–Trinajstić information content (AvgIpc) is 3.19. The van der Waals surface area contributed by atoms with Gasteiger partial charge in [-0.2, -0.15) is 18.4 Å². The minimum absolute atomic E-state index is 0.174. The molecule has 0 amide bonds. The molecule has 2 aliphatic rings. The standard InChI is InChI=1S/C15H24F3N3/c1-11(2)21(10-15(16,17)18)13-4-3-7-14(8-13,9-19)20-12-5-6-12/h11-13,20H,3-8,10H2,1-2H3. The number of rotatable bonds is 5. The molecule has 120 valence electrons. The Balaban J connectivity index is 2.08. The van der Waals surface area contributed by atoms with Gasteiger partial charge in [-0.05, 0) is 52.4 Å². The number of nitrogens with zero attached hydrogens (tertiary/aromatic N) is 2. The summed E-state index contributed by atoms with van der Waals surface area (Å²) >= 11 is 0. The first-order chi connectivity index (χ1) is 9.75. The normalized spacial score (nSPS) is 30.7. The molecule has 3 nitrogen and oxygen atoms in total. The van der Waals surface area contributed by atoms with Crippen LogP contribution in [0.25, 0.3) is 0 Å². The molecule has 0 aliphatic heterocycles. The monoisotopic (exact) mass is 303 g/mol. The van der Waals surface area contributed by atoms with Crippen LogP contribution in [0.2, 0.25) is 0 Å². The van der Waals surface area contributed by atoms with Crippen molar-refractivity contribution in [2.24, 2.45) is 0 Å². The van der Waals surface area contributed by atoms with E-state index in [2.05, 4.69) is 11.4 Å². The van der Waals surface area contributed by atoms with E-state index in [0.717, 1.165) is 32.1 Å². The van der Waals surface area contributed by atoms with Crippen molar-refractivity contribution in [2.75, 3.05) is 6.54 Å². The fourth-order valence-electron chi connectivity index (χ4n) is 3.35. The van der Waals surface area contributed by atoms with Crippen LogP contribution in [0, 0.1) is 11.3 Å². The molecule has 2 unspecified atom stereocenters. The van der Waals surface area contributed by atoms with Crippen molar-refractivity contribution in [3.8, 4) is 6.07 Å². The predicted octanol–water partition coefficient (Wildman–Crippen LogP) is 3.22. The lowest BCUT2D eigenvalue weighted by atomic mass is 9.79. The minimum atomic E-state index is -4.19. The van der Waals surface area contributed by atoms with Crippen molar-refractivity contribution in [1.29, 1.82) is 5.26 Å². The van der Waals surface area contributed by atoms with Crippen LogP contribution in [0.4, 0.5) is 13.2 Å². The van der Waals surface area contributed by atoms with Crippen LogP contribution >= 0.6 is 0 Å². The molecule has 0 aromatic heterocycles. The quantitative estimate of drug-likeness (QED) is 0.847. The number of halogens is 3. The topological polar surface area (TPSA) is 39.1 Å². The van der Waals surface area contributed by atoms with E-state index >= 15 is 0 Å². The molecular formula is C15H24F3N3. The largest absolute Gasteiger partial charge is 0.401 e. The summed E-state index contributed by atoms with van der Waals surface area (Å²) in [6.45, 7) is 2.70. The molecule has 0 bridgehead atoms. The fraction of sp³-hybridized carbons (Fsp3) is 0.933. The first kappa shape index (κ1) is 16.6. The molecule has 2 rings (SSSR count). The number of hydrogen-bond donors (Lipinski definition) is 1. The molecule has 1 N–H and O–H groups in total. The Labute approximate surface area is 124 Å². The first-order valence-corrected chi connectivity index (χ1v) is 7.76. The van der Waals surface area contributed by atoms with Gasteiger partial charge in [-0.25, -0.2) is 0 Å². The zero-order valence-corrected chi connectivity index (χ0v) is 12.7. The van der Waals surface area contributed by atoms with Crippen LogP contribution in [0.3, 0.4) is 0 Å². The highest BCUT2D eigenvalue weighted by Crippen LogP contribution is 2.36. The maximum absolute atomic E-state index is 12.8. The highest BCUT2D eigenvalue weighted by molar-refractivity contribution is 5.13. The maximum Gasteiger partial charge on any atom is 0.401 e. The van der Waals surface area contributed by atoms with Crippen molar-refractivity contribution in [3.63, 3.8) is 0 Å². The SMILES string of the molecule is CC(C)N(CC(F)(F)F)C1CCCC(C#N)(NC2CC2)C1. The summed E-state index contributed by atoms with van der Waals surface area (Å²) in [5.74, 6) is 0. The lowest BCUT2D eigenvalue weighted by molar-refractivity contribution is -0.157. The molecule has 0 radical (unpaired) electrons. The third kappa shape index (κ3) is 4.58. The van der Waals surface area contributed by atoms with Crippen molar-refractivity contribution in [1.82, 2.24) is 10.2 Å². The second-order valence-corrected chi connectivity index (χ2v) is 6.74. The van der Waals surface area contributed by atoms with Crippen LogP contribution in [0.5, 0.6) is 0 Å². The highest BCUT2D eigenvalue weighted by atomic mass is 19.4. The van der Waals surface area contributed by atoms with E-state index in [-0.39, 0.29) is 12.1 Å². The summed E-state index contributed by atoms with van der Waals surface area (Å²) in [6.07, 6.45) is 0.738. The Morgan fingerprint density at radius 2 is 2.00 bits per heavy atom. The smallest absolute Gasteiger partial charge is 0.297 e. The predicted molar refractivity (Wildman–Crippen MR) is 74.7 cm³/mol. The summed E-state index contributed by atoms with van der Waals surface area (Å²) in [4.78, 5) is 1.51. The maximum atomic E-state index is 12.8. The van der Waals surface area contributed by atoms with Crippen LogP contribution in [-0.2, 0) is 0 Å². The second kappa shape index (κ2) is 6.13. The van der Waals surface area contributed by atoms with E-state index in [9.17, 15) is 18.4 Å². The Morgan fingerprint density at radius 3 is 2.48 bits per heavy atom. The molecule has 6 heteroatoms. The van der Waals surface area contributed by atoms with E-state index in [1.54, 1.807) is 13.8 Å². The van der Waals surface area contributed by atoms with Gasteiger partial charge >= 0.3 is 6.18 Å². The summed E-state index contributed by atoms with van der Waals surface area (Å²) < 4.78 is 38.4. The molecule has 21 heavy (non-hydrogen) atoms. The molecule has 0 aromatic rings. The van der Waals surface area contributed by atoms with E-state index in [4.69, 9.17) is 0 Å². The van der Waals surface area contributed by atoms with Crippen LogP contribution < -0.4 is 5.32 Å². The van der Waals surface area contributed by atoms with Gasteiger partial charge in [0.2, 0.25) is 0 Å². The Hall–Kier alpha value is -0.800. The summed E-state index contributed by atoms with van der Waals surface area (Å²) in [7, 11) is 0. The van der Waals surface area contributed by atoms with Gasteiger partial charge in [-0.1, -0.05) is 0 Å². The van der Waals surface area contributed by atoms with E-state index in [0.29, 0.717) is 12.5 Å². The number of nitrogens with one attached hydrogen (secondary N) is 1. The van der Waals surface area contributed by atoms with Gasteiger partial charge in [-0.15, -0.1) is 0 Å². The van der Waals surface area contributed by atoms with Crippen LogP contribution in [-0.4, -0.2) is 41.3 Å². The molecule has 2 fully saturated rings. The first-order valence-electron chi connectivity index (χ1n) is 7.76. The lowest BCUT2D eigenvalue weighted by Crippen LogP contribution is -2.56. The van der Waals surface area contributed by atoms with E-state index in [1.807, 2.05) is 0 Å². The van der Waals surface area contributed by atoms with Gasteiger partial charge in [0.05, 0.1) is 12.6 Å². The van der Waals surface area contributed by atoms with Gasteiger partial charge in [0.15, 0.2) is 0 Å². The zero-order valence-electron chi connectivity index (χ0n) is 12.7. The summed E-state index contributed by atoms with van der Waals surface area (Å²) in [5.41, 5.74) is -0.636. The van der Waals surface area contributed by atoms with Crippen molar-refractivity contribution in [3.05, 3.63) is 0 Å². The lowest BCUT2D eigenvalue weighted by Gasteiger charge is -2.43. The van der Waals surface area contributed by atoms with E-state index < -0.39 is 18.3 Å². The van der Waals surface area contributed by atoms with E-state index in [1.165, 1.54) is 4.90 Å².